The highest BCUT2D eigenvalue weighted by Crippen LogP contribution is 2.17. The van der Waals surface area contributed by atoms with Crippen molar-refractivity contribution in [1.29, 1.82) is 0 Å². The fraction of sp³-hybridized carbons (Fsp3) is 0.462. The Bertz CT molecular complexity index is 474. The molecular formula is C13H17Cl2FN2O2. The van der Waals surface area contributed by atoms with Gasteiger partial charge in [0, 0.05) is 19.0 Å². The third-order valence-corrected chi connectivity index (χ3v) is 3.62. The smallest absolute Gasteiger partial charge is 0.252 e. The van der Waals surface area contributed by atoms with Gasteiger partial charge in [-0.15, -0.1) is 12.4 Å². The van der Waals surface area contributed by atoms with Crippen LogP contribution in [0.5, 0.6) is 0 Å². The fourth-order valence-corrected chi connectivity index (χ4v) is 2.33. The number of hydrogen-bond donors (Lipinski definition) is 3. The Kier molecular flexibility index (Phi) is 6.68. The molecule has 0 radical (unpaired) electrons. The number of aliphatic hydroxyl groups is 1. The van der Waals surface area contributed by atoms with Crippen LogP contribution >= 0.6 is 24.0 Å². The first-order valence-electron chi connectivity index (χ1n) is 6.20. The second-order valence-electron chi connectivity index (χ2n) is 4.65. The van der Waals surface area contributed by atoms with Crippen molar-refractivity contribution in [2.75, 3.05) is 19.6 Å². The average molecular weight is 323 g/mol. The lowest BCUT2D eigenvalue weighted by Gasteiger charge is -2.28. The van der Waals surface area contributed by atoms with Gasteiger partial charge in [-0.2, -0.15) is 0 Å². The Hall–Kier alpha value is -0.880. The summed E-state index contributed by atoms with van der Waals surface area (Å²) in [6.07, 6.45) is 0.315. The van der Waals surface area contributed by atoms with Gasteiger partial charge in [-0.1, -0.05) is 11.6 Å². The van der Waals surface area contributed by atoms with E-state index in [1.54, 1.807) is 0 Å². The summed E-state index contributed by atoms with van der Waals surface area (Å²) in [7, 11) is 0. The number of carbonyl (C=O) groups excluding carboxylic acids is 1. The van der Waals surface area contributed by atoms with Crippen LogP contribution < -0.4 is 10.6 Å². The molecule has 0 saturated carbocycles. The van der Waals surface area contributed by atoms with Crippen molar-refractivity contribution >= 4 is 29.9 Å². The molecule has 1 aliphatic rings. The Morgan fingerprint density at radius 2 is 2.30 bits per heavy atom. The maximum atomic E-state index is 13.1. The zero-order valence-electron chi connectivity index (χ0n) is 10.7. The highest BCUT2D eigenvalue weighted by molar-refractivity contribution is 6.33. The molecule has 112 valence electrons. The Morgan fingerprint density at radius 1 is 1.55 bits per heavy atom. The van der Waals surface area contributed by atoms with Gasteiger partial charge in [0.25, 0.3) is 5.91 Å². The lowest BCUT2D eigenvalue weighted by molar-refractivity contribution is 0.0753. The summed E-state index contributed by atoms with van der Waals surface area (Å²) < 4.78 is 13.1. The van der Waals surface area contributed by atoms with Crippen LogP contribution in [0.15, 0.2) is 18.2 Å². The molecule has 7 heteroatoms. The summed E-state index contributed by atoms with van der Waals surface area (Å²) in [5.74, 6) is -0.913. The van der Waals surface area contributed by atoms with Crippen molar-refractivity contribution in [3.8, 4) is 0 Å². The first-order valence-corrected chi connectivity index (χ1v) is 6.58. The predicted molar refractivity (Wildman–Crippen MR) is 78.0 cm³/mol. The summed E-state index contributed by atoms with van der Waals surface area (Å²) in [4.78, 5) is 11.9. The van der Waals surface area contributed by atoms with Gasteiger partial charge in [-0.25, -0.2) is 4.39 Å². The molecule has 0 aliphatic carbocycles. The zero-order chi connectivity index (χ0) is 13.8. The van der Waals surface area contributed by atoms with Gasteiger partial charge >= 0.3 is 0 Å². The number of hydrogen-bond acceptors (Lipinski definition) is 3. The van der Waals surface area contributed by atoms with E-state index >= 15 is 0 Å². The van der Waals surface area contributed by atoms with Crippen molar-refractivity contribution in [3.63, 3.8) is 0 Å². The average Bonchev–Trinajstić information content (AvgIpc) is 2.40. The van der Waals surface area contributed by atoms with Gasteiger partial charge in [0.05, 0.1) is 16.7 Å². The summed E-state index contributed by atoms with van der Waals surface area (Å²) in [6, 6.07) is 3.66. The molecule has 1 aliphatic heterocycles. The van der Waals surface area contributed by atoms with Crippen molar-refractivity contribution in [2.45, 2.75) is 12.5 Å². The van der Waals surface area contributed by atoms with Gasteiger partial charge < -0.3 is 15.7 Å². The lowest BCUT2D eigenvalue weighted by Crippen LogP contribution is -2.45. The molecule has 4 nitrogen and oxygen atoms in total. The maximum Gasteiger partial charge on any atom is 0.252 e. The highest BCUT2D eigenvalue weighted by atomic mass is 35.5. The molecule has 1 fully saturated rings. The normalized spacial score (nSPS) is 21.9. The molecule has 0 bridgehead atoms. The first-order chi connectivity index (χ1) is 9.08. The Labute approximate surface area is 128 Å². The number of β-amino-alcohol motifs (C(OH)–C–C–N with tert-alkyl or cyclic N) is 1. The van der Waals surface area contributed by atoms with Crippen molar-refractivity contribution < 1.29 is 14.3 Å². The number of halogens is 3. The molecule has 2 rings (SSSR count). The molecule has 20 heavy (non-hydrogen) atoms. The minimum atomic E-state index is -0.503. The van der Waals surface area contributed by atoms with Gasteiger partial charge in [0.1, 0.15) is 5.82 Å². The number of amides is 1. The molecule has 2 atom stereocenters. The van der Waals surface area contributed by atoms with Gasteiger partial charge in [0.2, 0.25) is 0 Å². The standard InChI is InChI=1S/C13H16ClFN2O2.ClH/c14-11-2-1-9(15)5-10(11)13(19)17-6-8-3-4-16-7-12(8)18;/h1-2,5,8,12,16,18H,3-4,6-7H2,(H,17,19);1H/t8-,12+;/m0./s1. The van der Waals surface area contributed by atoms with Crippen LogP contribution in [0.3, 0.4) is 0 Å². The number of nitrogens with one attached hydrogen (secondary N) is 2. The molecule has 1 saturated heterocycles. The molecule has 3 N–H and O–H groups in total. The number of rotatable bonds is 3. The van der Waals surface area contributed by atoms with Gasteiger partial charge in [0.15, 0.2) is 0 Å². The van der Waals surface area contributed by atoms with E-state index in [1.165, 1.54) is 12.1 Å². The molecule has 1 heterocycles. The lowest BCUT2D eigenvalue weighted by atomic mass is 9.95. The first kappa shape index (κ1) is 17.2. The minimum absolute atomic E-state index is 0. The highest BCUT2D eigenvalue weighted by Gasteiger charge is 2.23. The summed E-state index contributed by atoms with van der Waals surface area (Å²) in [6.45, 7) is 1.70. The van der Waals surface area contributed by atoms with Crippen molar-refractivity contribution in [1.82, 2.24) is 10.6 Å². The molecule has 1 aromatic rings. The summed E-state index contributed by atoms with van der Waals surface area (Å²) >= 11 is 5.85. The quantitative estimate of drug-likeness (QED) is 0.792. The third-order valence-electron chi connectivity index (χ3n) is 3.29. The number of piperidine rings is 1. The molecule has 1 aromatic carbocycles. The molecule has 0 spiro atoms. The second kappa shape index (κ2) is 7.78. The van der Waals surface area contributed by atoms with E-state index in [0.29, 0.717) is 13.1 Å². The van der Waals surface area contributed by atoms with Crippen LogP contribution in [0.2, 0.25) is 5.02 Å². The van der Waals surface area contributed by atoms with E-state index in [1.807, 2.05) is 0 Å². The predicted octanol–water partition coefficient (Wildman–Crippen LogP) is 1.60. The van der Waals surface area contributed by atoms with E-state index in [0.717, 1.165) is 19.0 Å². The van der Waals surface area contributed by atoms with Gasteiger partial charge in [-0.3, -0.25) is 4.79 Å². The third kappa shape index (κ3) is 4.31. The fourth-order valence-electron chi connectivity index (χ4n) is 2.13. The Morgan fingerprint density at radius 3 is 3.00 bits per heavy atom. The Balaban J connectivity index is 0.00000200. The number of carbonyl (C=O) groups is 1. The van der Waals surface area contributed by atoms with Crippen LogP contribution in [-0.4, -0.2) is 36.8 Å². The van der Waals surface area contributed by atoms with E-state index in [4.69, 9.17) is 11.6 Å². The largest absolute Gasteiger partial charge is 0.391 e. The van der Waals surface area contributed by atoms with E-state index < -0.39 is 17.8 Å². The van der Waals surface area contributed by atoms with Crippen LogP contribution in [0, 0.1) is 11.7 Å². The molecule has 0 aromatic heterocycles. The van der Waals surface area contributed by atoms with Crippen LogP contribution in [0.1, 0.15) is 16.8 Å². The van der Waals surface area contributed by atoms with E-state index in [-0.39, 0.29) is 28.9 Å². The second-order valence-corrected chi connectivity index (χ2v) is 5.06. The van der Waals surface area contributed by atoms with Crippen LogP contribution in [-0.2, 0) is 0 Å². The monoisotopic (exact) mass is 322 g/mol. The SMILES string of the molecule is Cl.O=C(NC[C@@H]1CCNC[C@H]1O)c1cc(F)ccc1Cl. The van der Waals surface area contributed by atoms with Crippen molar-refractivity contribution in [3.05, 3.63) is 34.6 Å². The van der Waals surface area contributed by atoms with Gasteiger partial charge in [-0.05, 0) is 31.2 Å². The minimum Gasteiger partial charge on any atom is -0.391 e. The number of benzene rings is 1. The van der Waals surface area contributed by atoms with E-state index in [9.17, 15) is 14.3 Å². The van der Waals surface area contributed by atoms with E-state index in [2.05, 4.69) is 10.6 Å². The molecule has 0 unspecified atom stereocenters. The summed E-state index contributed by atoms with van der Waals surface area (Å²) in [5, 5.41) is 15.7. The molecular weight excluding hydrogens is 306 g/mol. The van der Waals surface area contributed by atoms with Crippen LogP contribution in [0.25, 0.3) is 0 Å². The maximum absolute atomic E-state index is 13.1. The van der Waals surface area contributed by atoms with Crippen molar-refractivity contribution in [2.24, 2.45) is 5.92 Å². The number of aliphatic hydroxyl groups excluding tert-OH is 1. The topological polar surface area (TPSA) is 61.4 Å². The zero-order valence-corrected chi connectivity index (χ0v) is 12.3. The summed E-state index contributed by atoms with van der Waals surface area (Å²) in [5.41, 5.74) is 0.116. The molecule has 1 amide bonds. The van der Waals surface area contributed by atoms with Crippen LogP contribution in [0.4, 0.5) is 4.39 Å².